The van der Waals surface area contributed by atoms with Crippen LogP contribution in [-0.4, -0.2) is 201 Å². The molecule has 31 heteroatoms. The highest BCUT2D eigenvalue weighted by Crippen LogP contribution is 2.35. The van der Waals surface area contributed by atoms with Gasteiger partial charge in [-0.25, -0.2) is 8.78 Å². The number of esters is 4. The second-order valence-electron chi connectivity index (χ2n) is 26.7. The predicted octanol–water partition coefficient (Wildman–Crippen LogP) is 10.2. The van der Waals surface area contributed by atoms with Crippen molar-refractivity contribution in [2.45, 2.75) is 130 Å². The number of amides is 2. The lowest BCUT2D eigenvalue weighted by molar-refractivity contribution is -0.164. The van der Waals surface area contributed by atoms with Gasteiger partial charge in [-0.2, -0.15) is 26.3 Å². The normalized spacial score (nSPS) is 16.4. The molecule has 8 rings (SSSR count). The van der Waals surface area contributed by atoms with Crippen LogP contribution >= 0.6 is 0 Å². The number of likely N-dealkylation sites (tertiary alicyclic amines) is 2. The Kier molecular flexibility index (Phi) is 31.7. The molecule has 4 aromatic carbocycles. The lowest BCUT2D eigenvalue weighted by atomic mass is 10.0. The predicted molar refractivity (Wildman–Crippen MR) is 386 cm³/mol. The second kappa shape index (κ2) is 39.5. The molecular weight excluding hydrogens is 1400 g/mol. The number of halogens is 8. The third kappa shape index (κ3) is 26.0. The highest BCUT2D eigenvalue weighted by molar-refractivity contribution is 5.97. The summed E-state index contributed by atoms with van der Waals surface area (Å²) in [5.41, 5.74) is 3.47. The van der Waals surface area contributed by atoms with Crippen molar-refractivity contribution in [1.82, 2.24) is 29.6 Å². The summed E-state index contributed by atoms with van der Waals surface area (Å²) in [6.07, 6.45) is -12.7. The third-order valence-corrected chi connectivity index (χ3v) is 16.5. The lowest BCUT2D eigenvalue weighted by Crippen LogP contribution is -2.46. The molecule has 2 amide bonds. The lowest BCUT2D eigenvalue weighted by Gasteiger charge is -2.33. The number of alkyl halides is 8. The monoisotopic (exact) mass is 1490 g/mol. The summed E-state index contributed by atoms with van der Waals surface area (Å²) >= 11 is 0. The number of aliphatic hydroxyl groups excluding tert-OH is 1. The number of rotatable bonds is 25. The van der Waals surface area contributed by atoms with Crippen molar-refractivity contribution >= 4 is 80.2 Å². The van der Waals surface area contributed by atoms with E-state index in [0.717, 1.165) is 9.13 Å². The molecule has 578 valence electrons. The fourth-order valence-electron chi connectivity index (χ4n) is 10.8. The van der Waals surface area contributed by atoms with E-state index < -0.39 is 104 Å². The van der Waals surface area contributed by atoms with Crippen LogP contribution in [0.2, 0.25) is 0 Å². The van der Waals surface area contributed by atoms with Gasteiger partial charge in [-0.15, -0.1) is 0 Å². The maximum absolute atomic E-state index is 14.8. The Morgan fingerprint density at radius 2 is 0.953 bits per heavy atom. The van der Waals surface area contributed by atoms with E-state index >= 15 is 0 Å². The van der Waals surface area contributed by atoms with Gasteiger partial charge >= 0.3 is 36.2 Å². The summed E-state index contributed by atoms with van der Waals surface area (Å²) in [5, 5.41) is 36.4. The van der Waals surface area contributed by atoms with Crippen LogP contribution in [0.15, 0.2) is 84.9 Å². The number of hydrogen-bond donors (Lipinski definition) is 8. The molecule has 4 heterocycles. The maximum atomic E-state index is 14.8. The third-order valence-electron chi connectivity index (χ3n) is 16.5. The van der Waals surface area contributed by atoms with Crippen molar-refractivity contribution in [2.24, 2.45) is 23.7 Å². The van der Waals surface area contributed by atoms with E-state index in [2.05, 4.69) is 60.3 Å². The standard InChI is InChI=1S/C38H47F4N5O6.C29H33F4N5O4.C8H14O3/c1-23(2)36(49)52-21-27(53-37(50)24(3)4)19-44-35(48)25-12-13-32(34(17-25)51-6)43-15-8-9-26-18-28-30(45-31-14-16-46(5)20-29(31)39)10-7-11-33(28)47(26)22-38(40,41)42;1-37-12-10-23(21(30)16-37)36-22-6-3-7-25-20(22)14-19(38(25)17-29(31,32)33)5-4-11-34-24-9-8-18(13-26(24)42-2)28(41)35-15-27(39)40;1-5(2)7(9)11-8(10)6(3)4/h7,10-13,17-18,23-24,27,29,31,43,45H,14-16,19-22H2,1-6H3,(H,44,48);3,6-9,13-14,21,23,27,34,36,39-40H,10-12,15-17H2,1-2H3,(H,35,41);5-6H,1-4H3/t27?,29-,31+;21-,23+;/m00./s1. The second-order valence-corrected chi connectivity index (χ2v) is 26.7. The van der Waals surface area contributed by atoms with Gasteiger partial charge in [0.1, 0.15) is 43.5 Å². The highest BCUT2D eigenvalue weighted by atomic mass is 19.4. The number of nitrogens with one attached hydrogen (secondary N) is 6. The van der Waals surface area contributed by atoms with Gasteiger partial charge in [0.05, 0.1) is 110 Å². The molecule has 2 saturated heterocycles. The first-order chi connectivity index (χ1) is 49.9. The summed E-state index contributed by atoms with van der Waals surface area (Å²) in [4.78, 5) is 74.8. The minimum Gasteiger partial charge on any atom is -0.495 e. The summed E-state index contributed by atoms with van der Waals surface area (Å²) < 4.78 is 139. The molecule has 0 bridgehead atoms. The number of hydrogen-bond acceptors (Lipinski definition) is 19. The van der Waals surface area contributed by atoms with E-state index in [1.54, 1.807) is 116 Å². The molecule has 2 aliphatic heterocycles. The van der Waals surface area contributed by atoms with Crippen molar-refractivity contribution in [3.63, 3.8) is 0 Å². The molecule has 6 aromatic rings. The van der Waals surface area contributed by atoms with Crippen LogP contribution in [0.1, 0.15) is 100 Å². The minimum absolute atomic E-state index is 0.0255. The van der Waals surface area contributed by atoms with Gasteiger partial charge in [-0.1, -0.05) is 79.4 Å². The van der Waals surface area contributed by atoms with Crippen molar-refractivity contribution in [1.29, 1.82) is 0 Å². The van der Waals surface area contributed by atoms with E-state index in [1.807, 2.05) is 23.9 Å². The Morgan fingerprint density at radius 3 is 1.32 bits per heavy atom. The van der Waals surface area contributed by atoms with Gasteiger partial charge < -0.3 is 84.7 Å². The molecule has 5 atom stereocenters. The van der Waals surface area contributed by atoms with Crippen LogP contribution in [-0.2, 0) is 46.5 Å². The summed E-state index contributed by atoms with van der Waals surface area (Å²) in [7, 11) is 6.51. The zero-order valence-corrected chi connectivity index (χ0v) is 61.2. The molecule has 2 aliphatic rings. The van der Waals surface area contributed by atoms with Crippen molar-refractivity contribution in [3.05, 3.63) is 107 Å². The van der Waals surface area contributed by atoms with E-state index in [1.165, 1.54) is 38.5 Å². The minimum atomic E-state index is -4.51. The van der Waals surface area contributed by atoms with Crippen molar-refractivity contribution in [2.75, 3.05) is 109 Å². The number of fused-ring (bicyclic) bond motifs is 2. The Labute approximate surface area is 610 Å². The topological polar surface area (TPSA) is 278 Å². The first-order valence-electron chi connectivity index (χ1n) is 34.4. The smallest absolute Gasteiger partial charge is 0.406 e. The van der Waals surface area contributed by atoms with Gasteiger partial charge in [-0.05, 0) is 112 Å². The molecule has 1 unspecified atom stereocenters. The summed E-state index contributed by atoms with van der Waals surface area (Å²) in [6, 6.07) is 21.3. The van der Waals surface area contributed by atoms with Crippen LogP contribution in [0.3, 0.4) is 0 Å². The van der Waals surface area contributed by atoms with E-state index in [4.69, 9.17) is 29.2 Å². The van der Waals surface area contributed by atoms with Gasteiger partial charge in [-0.3, -0.25) is 28.8 Å². The molecule has 0 spiro atoms. The van der Waals surface area contributed by atoms with Gasteiger partial charge in [0.15, 0.2) is 12.4 Å². The van der Waals surface area contributed by atoms with Crippen LogP contribution in [0, 0.1) is 47.4 Å². The Bertz CT molecular complexity index is 4100. The molecule has 0 aliphatic carbocycles. The van der Waals surface area contributed by atoms with Gasteiger partial charge in [0.2, 0.25) is 0 Å². The molecule has 8 N–H and O–H groups in total. The zero-order chi connectivity index (χ0) is 78.3. The number of ether oxygens (including phenoxy) is 5. The average Bonchev–Trinajstić information content (AvgIpc) is 1.63. The maximum Gasteiger partial charge on any atom is 0.406 e. The molecule has 2 aromatic heterocycles. The molecule has 23 nitrogen and oxygen atoms in total. The highest BCUT2D eigenvalue weighted by Gasteiger charge is 2.34. The Morgan fingerprint density at radius 1 is 0.547 bits per heavy atom. The summed E-state index contributed by atoms with van der Waals surface area (Å²) in [5.74, 6) is 7.81. The van der Waals surface area contributed by atoms with Crippen LogP contribution < -0.4 is 41.4 Å². The number of carbonyl (C=O) groups excluding carboxylic acids is 6. The molecule has 0 saturated carbocycles. The van der Waals surface area contributed by atoms with E-state index in [0.29, 0.717) is 82.0 Å². The van der Waals surface area contributed by atoms with Crippen molar-refractivity contribution < 1.29 is 97.8 Å². The van der Waals surface area contributed by atoms with Crippen molar-refractivity contribution in [3.8, 4) is 35.2 Å². The van der Waals surface area contributed by atoms with Crippen LogP contribution in [0.5, 0.6) is 11.5 Å². The number of aliphatic hydroxyl groups is 2. The first-order valence-corrected chi connectivity index (χ1v) is 34.4. The van der Waals surface area contributed by atoms with Crippen LogP contribution in [0.25, 0.3) is 21.8 Å². The fourth-order valence-corrected chi connectivity index (χ4v) is 10.8. The van der Waals surface area contributed by atoms with E-state index in [-0.39, 0.29) is 86.1 Å². The molecule has 2 fully saturated rings. The number of nitrogens with zero attached hydrogens (tertiary/aromatic N) is 4. The molecule has 0 radical (unpaired) electrons. The number of carbonyl (C=O) groups is 6. The van der Waals surface area contributed by atoms with Gasteiger partial charge in [0.25, 0.3) is 11.8 Å². The first kappa shape index (κ1) is 85.1. The SMILES string of the molecule is CC(C)C(=O)OC(=O)C(C)C.COc1cc(C(=O)NCC(COC(=O)C(C)C)OC(=O)C(C)C)ccc1NCC#Cc1cc2c(N[C@@H]3CCN(C)C[C@@H]3F)cccc2n1CC(F)(F)F.COc1cc(C(=O)NCC(O)O)ccc1NCC#Cc1cc2c(N[C@@H]3CCN(C)C[C@@H]3F)cccc2n1CC(F)(F)F. The quantitative estimate of drug-likeness (QED) is 0.00661. The summed E-state index contributed by atoms with van der Waals surface area (Å²) in [6.45, 7) is 12.3. The number of piperidine rings is 2. The molecular formula is C75H94F8N10O13. The number of aromatic nitrogens is 2. The number of anilines is 4. The Balaban J connectivity index is 0.000000296. The fraction of sp³-hybridized carbons (Fsp3) is 0.493. The molecule has 106 heavy (non-hydrogen) atoms. The number of methoxy groups -OCH3 is 2. The van der Waals surface area contributed by atoms with Crippen LogP contribution in [0.4, 0.5) is 57.9 Å². The number of benzene rings is 4. The Hall–Kier alpha value is -9.82. The largest absolute Gasteiger partial charge is 0.495 e. The zero-order valence-electron chi connectivity index (χ0n) is 61.2. The van der Waals surface area contributed by atoms with E-state index in [9.17, 15) is 63.9 Å². The average molecular weight is 1500 g/mol. The van der Waals surface area contributed by atoms with Gasteiger partial charge in [0, 0.05) is 59.5 Å².